The number of hydrogen-bond donors (Lipinski definition) is 2. The van der Waals surface area contributed by atoms with Gasteiger partial charge in [0.25, 0.3) is 0 Å². The van der Waals surface area contributed by atoms with Gasteiger partial charge in [-0.3, -0.25) is 0 Å². The van der Waals surface area contributed by atoms with Crippen LogP contribution in [0.15, 0.2) is 0 Å². The Bertz CT molecular complexity index is 324. The van der Waals surface area contributed by atoms with Crippen LogP contribution in [0, 0.1) is 5.92 Å². The highest BCUT2D eigenvalue weighted by Crippen LogP contribution is 2.34. The van der Waals surface area contributed by atoms with Crippen LogP contribution in [0.1, 0.15) is 45.4 Å². The van der Waals surface area contributed by atoms with E-state index in [2.05, 4.69) is 5.32 Å². The Morgan fingerprint density at radius 1 is 1.33 bits per heavy atom. The van der Waals surface area contributed by atoms with E-state index in [4.69, 9.17) is 5.11 Å². The Labute approximate surface area is 108 Å². The maximum Gasteiger partial charge on any atom is 0.326 e. The second-order valence-corrected chi connectivity index (χ2v) is 5.46. The number of carbonyl (C=O) groups is 2. The van der Waals surface area contributed by atoms with Crippen molar-refractivity contribution in [2.24, 2.45) is 5.92 Å². The van der Waals surface area contributed by atoms with E-state index in [1.807, 2.05) is 11.8 Å². The van der Waals surface area contributed by atoms with Crippen LogP contribution in [-0.2, 0) is 4.79 Å². The lowest BCUT2D eigenvalue weighted by Crippen LogP contribution is -2.49. The monoisotopic (exact) mass is 254 g/mol. The molecule has 2 fully saturated rings. The van der Waals surface area contributed by atoms with Crippen molar-refractivity contribution in [1.29, 1.82) is 0 Å². The molecule has 1 unspecified atom stereocenters. The van der Waals surface area contributed by atoms with E-state index < -0.39 is 12.0 Å². The molecule has 2 amide bonds. The molecule has 0 aromatic carbocycles. The number of nitrogens with one attached hydrogen (secondary N) is 1. The molecule has 1 atom stereocenters. The summed E-state index contributed by atoms with van der Waals surface area (Å²) in [7, 11) is 0. The number of carboxylic acids is 1. The standard InChI is InChI=1S/C13H22N2O3/c1-2-3-11(12(16)17)14-13(18)15(10-6-7-10)8-9-4-5-9/h9-11H,2-8H2,1H3,(H,14,18)(H,16,17). The fourth-order valence-electron chi connectivity index (χ4n) is 2.14. The average molecular weight is 254 g/mol. The molecular formula is C13H22N2O3. The van der Waals surface area contributed by atoms with E-state index >= 15 is 0 Å². The number of nitrogens with zero attached hydrogens (tertiary/aromatic N) is 1. The molecule has 0 aromatic heterocycles. The van der Waals surface area contributed by atoms with E-state index in [1.54, 1.807) is 0 Å². The molecule has 0 aliphatic heterocycles. The quantitative estimate of drug-likeness (QED) is 0.728. The number of hydrogen-bond acceptors (Lipinski definition) is 2. The molecule has 5 nitrogen and oxygen atoms in total. The Kier molecular flexibility index (Phi) is 4.09. The molecule has 5 heteroatoms. The number of amides is 2. The van der Waals surface area contributed by atoms with Crippen molar-refractivity contribution in [3.63, 3.8) is 0 Å². The first-order chi connectivity index (χ1) is 8.61. The summed E-state index contributed by atoms with van der Waals surface area (Å²) in [5, 5.41) is 11.7. The molecule has 2 aliphatic rings. The molecule has 0 aromatic rings. The zero-order valence-corrected chi connectivity index (χ0v) is 10.9. The smallest absolute Gasteiger partial charge is 0.326 e. The third-order valence-corrected chi connectivity index (χ3v) is 3.57. The van der Waals surface area contributed by atoms with Crippen LogP contribution >= 0.6 is 0 Å². The van der Waals surface area contributed by atoms with Gasteiger partial charge in [0, 0.05) is 12.6 Å². The molecule has 0 bridgehead atoms. The van der Waals surface area contributed by atoms with Gasteiger partial charge in [-0.25, -0.2) is 9.59 Å². The maximum absolute atomic E-state index is 12.1. The summed E-state index contributed by atoms with van der Waals surface area (Å²) in [6.45, 7) is 2.72. The fourth-order valence-corrected chi connectivity index (χ4v) is 2.14. The molecule has 102 valence electrons. The Hall–Kier alpha value is -1.26. The van der Waals surface area contributed by atoms with Gasteiger partial charge in [-0.15, -0.1) is 0 Å². The van der Waals surface area contributed by atoms with Crippen molar-refractivity contribution in [3.05, 3.63) is 0 Å². The van der Waals surface area contributed by atoms with Gasteiger partial charge in [-0.05, 0) is 38.0 Å². The summed E-state index contributed by atoms with van der Waals surface area (Å²) in [5.41, 5.74) is 0. The zero-order chi connectivity index (χ0) is 13.1. The van der Waals surface area contributed by atoms with Gasteiger partial charge < -0.3 is 15.3 Å². The summed E-state index contributed by atoms with van der Waals surface area (Å²) in [4.78, 5) is 25.0. The lowest BCUT2D eigenvalue weighted by molar-refractivity contribution is -0.139. The molecule has 0 saturated heterocycles. The second-order valence-electron chi connectivity index (χ2n) is 5.46. The Balaban J connectivity index is 1.88. The van der Waals surface area contributed by atoms with E-state index in [1.165, 1.54) is 12.8 Å². The van der Waals surface area contributed by atoms with Gasteiger partial charge >= 0.3 is 12.0 Å². The molecule has 0 radical (unpaired) electrons. The van der Waals surface area contributed by atoms with Crippen LogP contribution < -0.4 is 5.32 Å². The van der Waals surface area contributed by atoms with Crippen molar-refractivity contribution >= 4 is 12.0 Å². The SMILES string of the molecule is CCCC(NC(=O)N(CC1CC1)C1CC1)C(=O)O. The molecule has 2 N–H and O–H groups in total. The van der Waals surface area contributed by atoms with Gasteiger partial charge in [-0.1, -0.05) is 13.3 Å². The summed E-state index contributed by atoms with van der Waals surface area (Å²) in [5.74, 6) is -0.293. The van der Waals surface area contributed by atoms with Crippen molar-refractivity contribution in [2.75, 3.05) is 6.54 Å². The third-order valence-electron chi connectivity index (χ3n) is 3.57. The molecule has 2 saturated carbocycles. The largest absolute Gasteiger partial charge is 0.480 e. The summed E-state index contributed by atoms with van der Waals surface area (Å²) >= 11 is 0. The van der Waals surface area contributed by atoms with Crippen molar-refractivity contribution in [2.45, 2.75) is 57.5 Å². The Morgan fingerprint density at radius 3 is 2.44 bits per heavy atom. The van der Waals surface area contributed by atoms with Crippen molar-refractivity contribution in [3.8, 4) is 0 Å². The van der Waals surface area contributed by atoms with Crippen LogP contribution in [0.2, 0.25) is 0 Å². The summed E-state index contributed by atoms with van der Waals surface area (Å²) in [6.07, 6.45) is 5.77. The van der Waals surface area contributed by atoms with Crippen molar-refractivity contribution < 1.29 is 14.7 Å². The first-order valence-corrected chi connectivity index (χ1v) is 6.91. The second kappa shape index (κ2) is 5.59. The number of aliphatic carboxylic acids is 1. The van der Waals surface area contributed by atoms with Crippen LogP contribution in [-0.4, -0.2) is 40.6 Å². The topological polar surface area (TPSA) is 69.6 Å². The van der Waals surface area contributed by atoms with E-state index in [9.17, 15) is 9.59 Å². The zero-order valence-electron chi connectivity index (χ0n) is 10.9. The van der Waals surface area contributed by atoms with Crippen LogP contribution in [0.4, 0.5) is 4.79 Å². The predicted octanol–water partition coefficient (Wildman–Crippen LogP) is 1.82. The number of carboxylic acid groups (broad SMARTS) is 1. The summed E-state index contributed by atoms with van der Waals surface area (Å²) in [6, 6.07) is -0.588. The van der Waals surface area contributed by atoms with E-state index in [0.29, 0.717) is 18.4 Å². The van der Waals surface area contributed by atoms with E-state index in [0.717, 1.165) is 25.8 Å². The van der Waals surface area contributed by atoms with E-state index in [-0.39, 0.29) is 6.03 Å². The fraction of sp³-hybridized carbons (Fsp3) is 0.846. The molecule has 0 spiro atoms. The highest BCUT2D eigenvalue weighted by atomic mass is 16.4. The highest BCUT2D eigenvalue weighted by Gasteiger charge is 2.37. The van der Waals surface area contributed by atoms with Gasteiger partial charge in [0.05, 0.1) is 0 Å². The highest BCUT2D eigenvalue weighted by molar-refractivity contribution is 5.82. The van der Waals surface area contributed by atoms with Crippen molar-refractivity contribution in [1.82, 2.24) is 10.2 Å². The number of carbonyl (C=O) groups excluding carboxylic acids is 1. The van der Waals surface area contributed by atoms with Gasteiger partial charge in [-0.2, -0.15) is 0 Å². The first kappa shape index (κ1) is 13.2. The minimum atomic E-state index is -0.938. The number of rotatable bonds is 7. The molecule has 0 heterocycles. The van der Waals surface area contributed by atoms with Crippen LogP contribution in [0.5, 0.6) is 0 Å². The van der Waals surface area contributed by atoms with Gasteiger partial charge in [0.2, 0.25) is 0 Å². The molecular weight excluding hydrogens is 232 g/mol. The number of urea groups is 1. The van der Waals surface area contributed by atoms with Crippen LogP contribution in [0.3, 0.4) is 0 Å². The maximum atomic E-state index is 12.1. The minimum absolute atomic E-state index is 0.190. The van der Waals surface area contributed by atoms with Crippen LogP contribution in [0.25, 0.3) is 0 Å². The minimum Gasteiger partial charge on any atom is -0.480 e. The first-order valence-electron chi connectivity index (χ1n) is 6.91. The molecule has 2 aliphatic carbocycles. The van der Waals surface area contributed by atoms with Gasteiger partial charge in [0.15, 0.2) is 0 Å². The lowest BCUT2D eigenvalue weighted by atomic mass is 10.2. The predicted molar refractivity (Wildman–Crippen MR) is 67.3 cm³/mol. The average Bonchev–Trinajstić information content (AvgIpc) is 3.16. The third kappa shape index (κ3) is 3.62. The lowest BCUT2D eigenvalue weighted by Gasteiger charge is -2.25. The summed E-state index contributed by atoms with van der Waals surface area (Å²) < 4.78 is 0. The normalized spacial score (nSPS) is 20.3. The molecule has 2 rings (SSSR count). The Morgan fingerprint density at radius 2 is 2.00 bits per heavy atom. The molecule has 18 heavy (non-hydrogen) atoms. The van der Waals surface area contributed by atoms with Gasteiger partial charge in [0.1, 0.15) is 6.04 Å².